The number of benzene rings is 1. The Bertz CT molecular complexity index is 1040. The van der Waals surface area contributed by atoms with E-state index in [0.29, 0.717) is 17.2 Å². The lowest BCUT2D eigenvalue weighted by Gasteiger charge is -2.12. The van der Waals surface area contributed by atoms with Crippen LogP contribution in [0.5, 0.6) is 5.75 Å². The van der Waals surface area contributed by atoms with Gasteiger partial charge in [-0.15, -0.1) is 0 Å². The molecule has 2 heterocycles. The van der Waals surface area contributed by atoms with Gasteiger partial charge in [-0.3, -0.25) is 4.79 Å². The molecule has 0 aliphatic carbocycles. The van der Waals surface area contributed by atoms with Crippen LogP contribution < -0.4 is 10.1 Å². The molecule has 0 aliphatic rings. The first-order valence-electron chi connectivity index (χ1n) is 9.36. The number of anilines is 1. The van der Waals surface area contributed by atoms with Gasteiger partial charge < -0.3 is 14.8 Å². The number of ether oxygens (including phenoxy) is 2. The van der Waals surface area contributed by atoms with Crippen LogP contribution in [0.3, 0.4) is 0 Å². The zero-order chi connectivity index (χ0) is 22.4. The lowest BCUT2D eigenvalue weighted by molar-refractivity contribution is -0.119. The molecule has 162 valence electrons. The number of amides is 1. The maximum Gasteiger partial charge on any atom is 0.387 e. The number of alkyl halides is 2. The van der Waals surface area contributed by atoms with Crippen LogP contribution in [0.25, 0.3) is 5.82 Å². The van der Waals surface area contributed by atoms with Gasteiger partial charge in [0.25, 0.3) is 5.91 Å². The molecule has 3 aromatic rings. The second-order valence-electron chi connectivity index (χ2n) is 6.73. The summed E-state index contributed by atoms with van der Waals surface area (Å²) in [5.74, 6) is -0.816. The molecule has 0 radical (unpaired) electrons. The Morgan fingerprint density at radius 2 is 1.87 bits per heavy atom. The van der Waals surface area contributed by atoms with Gasteiger partial charge in [-0.05, 0) is 42.3 Å². The summed E-state index contributed by atoms with van der Waals surface area (Å²) in [6.07, 6.45) is 3.00. The van der Waals surface area contributed by atoms with E-state index in [9.17, 15) is 18.4 Å². The van der Waals surface area contributed by atoms with Crippen LogP contribution in [-0.2, 0) is 9.53 Å². The van der Waals surface area contributed by atoms with E-state index < -0.39 is 25.1 Å². The average Bonchev–Trinajstić information content (AvgIpc) is 3.19. The van der Waals surface area contributed by atoms with Crippen molar-refractivity contribution in [3.63, 3.8) is 0 Å². The van der Waals surface area contributed by atoms with Gasteiger partial charge in [-0.25, -0.2) is 14.5 Å². The number of carbonyl (C=O) groups excluding carboxylic acids is 2. The highest BCUT2D eigenvalue weighted by atomic mass is 19.3. The maximum absolute atomic E-state index is 12.6. The molecule has 0 atom stereocenters. The van der Waals surface area contributed by atoms with Crippen molar-refractivity contribution in [2.75, 3.05) is 11.9 Å². The zero-order valence-electron chi connectivity index (χ0n) is 16.8. The Kier molecular flexibility index (Phi) is 6.91. The summed E-state index contributed by atoms with van der Waals surface area (Å²) in [5.41, 5.74) is 1.19. The third-order valence-electron chi connectivity index (χ3n) is 4.14. The molecule has 0 aliphatic heterocycles. The number of nitrogens with one attached hydrogen (secondary N) is 1. The van der Waals surface area contributed by atoms with Crippen molar-refractivity contribution < 1.29 is 27.8 Å². The summed E-state index contributed by atoms with van der Waals surface area (Å²) in [7, 11) is 0. The molecule has 8 nitrogen and oxygen atoms in total. The summed E-state index contributed by atoms with van der Waals surface area (Å²) >= 11 is 0. The number of hydrogen-bond acceptors (Lipinski definition) is 6. The first-order valence-corrected chi connectivity index (χ1v) is 9.36. The second-order valence-corrected chi connectivity index (χ2v) is 6.73. The van der Waals surface area contributed by atoms with E-state index in [2.05, 4.69) is 20.1 Å². The van der Waals surface area contributed by atoms with E-state index in [1.807, 2.05) is 19.9 Å². The number of esters is 1. The monoisotopic (exact) mass is 430 g/mol. The SMILES string of the molecule is CC(C)c1c(C(=O)OCC(=O)Nc2ccc(OC(F)F)cc2)cnn1-c1ccccn1. The third kappa shape index (κ3) is 5.62. The molecule has 1 amide bonds. The van der Waals surface area contributed by atoms with Crippen molar-refractivity contribution in [2.24, 2.45) is 0 Å². The minimum atomic E-state index is -2.93. The number of rotatable bonds is 8. The Morgan fingerprint density at radius 1 is 1.13 bits per heavy atom. The fraction of sp³-hybridized carbons (Fsp3) is 0.238. The molecule has 1 N–H and O–H groups in total. The molecule has 0 unspecified atom stereocenters. The average molecular weight is 430 g/mol. The number of halogens is 2. The Labute approximate surface area is 176 Å². The van der Waals surface area contributed by atoms with Gasteiger partial charge in [0.15, 0.2) is 12.4 Å². The minimum absolute atomic E-state index is 0.0365. The maximum atomic E-state index is 12.6. The van der Waals surface area contributed by atoms with Crippen molar-refractivity contribution in [1.29, 1.82) is 0 Å². The van der Waals surface area contributed by atoms with Gasteiger partial charge in [-0.2, -0.15) is 13.9 Å². The van der Waals surface area contributed by atoms with E-state index in [4.69, 9.17) is 4.74 Å². The minimum Gasteiger partial charge on any atom is -0.452 e. The summed E-state index contributed by atoms with van der Waals surface area (Å²) < 4.78 is 35.3. The number of nitrogens with zero attached hydrogens (tertiary/aromatic N) is 3. The van der Waals surface area contributed by atoms with Crippen molar-refractivity contribution in [3.8, 4) is 11.6 Å². The van der Waals surface area contributed by atoms with Crippen molar-refractivity contribution >= 4 is 17.6 Å². The van der Waals surface area contributed by atoms with Gasteiger partial charge in [0.2, 0.25) is 0 Å². The topological polar surface area (TPSA) is 95.3 Å². The van der Waals surface area contributed by atoms with E-state index in [0.717, 1.165) is 0 Å². The first kappa shape index (κ1) is 21.9. The predicted molar refractivity (Wildman–Crippen MR) is 107 cm³/mol. The molecule has 2 aromatic heterocycles. The van der Waals surface area contributed by atoms with E-state index in [1.54, 1.807) is 23.0 Å². The van der Waals surface area contributed by atoms with E-state index in [1.165, 1.54) is 30.5 Å². The third-order valence-corrected chi connectivity index (χ3v) is 4.14. The van der Waals surface area contributed by atoms with Gasteiger partial charge in [-0.1, -0.05) is 19.9 Å². The molecule has 0 spiro atoms. The highest BCUT2D eigenvalue weighted by Gasteiger charge is 2.23. The molecule has 0 saturated carbocycles. The molecule has 1 aromatic carbocycles. The largest absolute Gasteiger partial charge is 0.452 e. The van der Waals surface area contributed by atoms with Gasteiger partial charge in [0.1, 0.15) is 11.3 Å². The standard InChI is InChI=1S/C21H20F2N4O4/c1-13(2)19-16(11-25-27(19)17-5-3-4-10-24-17)20(29)30-12-18(28)26-14-6-8-15(9-7-14)31-21(22)23/h3-11,13,21H,12H2,1-2H3,(H,26,28). The fourth-order valence-electron chi connectivity index (χ4n) is 2.86. The fourth-order valence-corrected chi connectivity index (χ4v) is 2.86. The second kappa shape index (κ2) is 9.79. The summed E-state index contributed by atoms with van der Waals surface area (Å²) in [5, 5.41) is 6.75. The number of hydrogen-bond donors (Lipinski definition) is 1. The summed E-state index contributed by atoms with van der Waals surface area (Å²) in [6, 6.07) is 10.7. The first-order chi connectivity index (χ1) is 14.8. The number of pyridine rings is 1. The highest BCUT2D eigenvalue weighted by molar-refractivity contribution is 5.96. The molecule has 10 heteroatoms. The van der Waals surface area contributed by atoms with Crippen LogP contribution in [0.4, 0.5) is 14.5 Å². The van der Waals surface area contributed by atoms with Crippen LogP contribution in [-0.4, -0.2) is 39.9 Å². The molecule has 3 rings (SSSR count). The van der Waals surface area contributed by atoms with Gasteiger partial charge in [0.05, 0.1) is 11.9 Å². The normalized spacial score (nSPS) is 10.9. The summed E-state index contributed by atoms with van der Waals surface area (Å²) in [6.45, 7) is 0.348. The molecule has 31 heavy (non-hydrogen) atoms. The molecular weight excluding hydrogens is 410 g/mol. The van der Waals surface area contributed by atoms with Crippen molar-refractivity contribution in [1.82, 2.24) is 14.8 Å². The quantitative estimate of drug-likeness (QED) is 0.547. The predicted octanol–water partition coefficient (Wildman–Crippen LogP) is 3.79. The smallest absolute Gasteiger partial charge is 0.387 e. The molecular formula is C21H20F2N4O4. The van der Waals surface area contributed by atoms with E-state index >= 15 is 0 Å². The number of aromatic nitrogens is 3. The molecule has 0 bridgehead atoms. The van der Waals surface area contributed by atoms with Gasteiger partial charge >= 0.3 is 12.6 Å². The van der Waals surface area contributed by atoms with Crippen LogP contribution in [0, 0.1) is 0 Å². The summed E-state index contributed by atoms with van der Waals surface area (Å²) in [4.78, 5) is 28.9. The number of carbonyl (C=O) groups is 2. The zero-order valence-corrected chi connectivity index (χ0v) is 16.8. The van der Waals surface area contributed by atoms with Crippen LogP contribution >= 0.6 is 0 Å². The van der Waals surface area contributed by atoms with Crippen molar-refractivity contribution in [2.45, 2.75) is 26.4 Å². The van der Waals surface area contributed by atoms with Gasteiger partial charge in [0, 0.05) is 11.9 Å². The Balaban J connectivity index is 1.63. The lowest BCUT2D eigenvalue weighted by atomic mass is 10.1. The molecule has 0 saturated heterocycles. The van der Waals surface area contributed by atoms with Crippen LogP contribution in [0.2, 0.25) is 0 Å². The molecule has 0 fully saturated rings. The van der Waals surface area contributed by atoms with Crippen LogP contribution in [0.15, 0.2) is 54.9 Å². The van der Waals surface area contributed by atoms with E-state index in [-0.39, 0.29) is 17.2 Å². The Hall–Kier alpha value is -3.82. The highest BCUT2D eigenvalue weighted by Crippen LogP contribution is 2.23. The van der Waals surface area contributed by atoms with Crippen molar-refractivity contribution in [3.05, 3.63) is 66.1 Å². The van der Waals surface area contributed by atoms with Crippen LogP contribution in [0.1, 0.15) is 35.8 Å². The Morgan fingerprint density at radius 3 is 2.48 bits per heavy atom. The lowest BCUT2D eigenvalue weighted by Crippen LogP contribution is -2.21.